The van der Waals surface area contributed by atoms with Crippen molar-refractivity contribution in [3.8, 4) is 0 Å². The Morgan fingerprint density at radius 1 is 1.00 bits per heavy atom. The van der Waals surface area contributed by atoms with Gasteiger partial charge in [-0.05, 0) is 58.4 Å². The molecule has 2 saturated heterocycles. The number of pyridine rings is 1. The zero-order valence-corrected chi connectivity index (χ0v) is 20.1. The van der Waals surface area contributed by atoms with Crippen LogP contribution in [0.25, 0.3) is 0 Å². The minimum atomic E-state index is -0.599. The highest BCUT2D eigenvalue weighted by Gasteiger charge is 2.46. The topological polar surface area (TPSA) is 39.7 Å². The summed E-state index contributed by atoms with van der Waals surface area (Å²) in [5.41, 5.74) is 0.273. The molecule has 2 aliphatic heterocycles. The SMILES string of the molecule is C[C@@H]1CN(C(=O)[C@@H]2CN(C(C)(C)C)C[C@H]2c2ccc(F)cc2F)[C@@H](C)CN1c1ccccn1. The van der Waals surface area contributed by atoms with Crippen LogP contribution in [0.4, 0.5) is 14.6 Å². The molecule has 7 heteroatoms. The number of hydrogen-bond donors (Lipinski definition) is 0. The Kier molecular flexibility index (Phi) is 6.45. The molecular weight excluding hydrogens is 422 g/mol. The van der Waals surface area contributed by atoms with Gasteiger partial charge in [0.15, 0.2) is 0 Å². The molecule has 1 aromatic carbocycles. The second-order valence-electron chi connectivity index (χ2n) is 10.5. The van der Waals surface area contributed by atoms with Crippen molar-refractivity contribution in [2.45, 2.75) is 58.2 Å². The number of halogens is 2. The van der Waals surface area contributed by atoms with Crippen molar-refractivity contribution < 1.29 is 13.6 Å². The van der Waals surface area contributed by atoms with E-state index in [1.54, 1.807) is 6.20 Å². The molecule has 0 N–H and O–H groups in total. The number of carbonyl (C=O) groups excluding carboxylic acids is 1. The van der Waals surface area contributed by atoms with Gasteiger partial charge in [-0.1, -0.05) is 12.1 Å². The average molecular weight is 457 g/mol. The van der Waals surface area contributed by atoms with Crippen molar-refractivity contribution in [2.24, 2.45) is 5.92 Å². The highest BCUT2D eigenvalue weighted by molar-refractivity contribution is 5.81. The van der Waals surface area contributed by atoms with Crippen LogP contribution in [0.2, 0.25) is 0 Å². The second kappa shape index (κ2) is 9.01. The van der Waals surface area contributed by atoms with Crippen molar-refractivity contribution in [1.29, 1.82) is 0 Å². The lowest BCUT2D eigenvalue weighted by molar-refractivity contribution is -0.138. The molecule has 0 unspecified atom stereocenters. The molecule has 4 atom stereocenters. The predicted octanol–water partition coefficient (Wildman–Crippen LogP) is 4.30. The first-order valence-electron chi connectivity index (χ1n) is 11.7. The molecule has 0 radical (unpaired) electrons. The summed E-state index contributed by atoms with van der Waals surface area (Å²) in [6.07, 6.45) is 1.78. The molecule has 178 valence electrons. The minimum absolute atomic E-state index is 0.00175. The van der Waals surface area contributed by atoms with E-state index in [0.717, 1.165) is 11.9 Å². The van der Waals surface area contributed by atoms with Crippen molar-refractivity contribution in [3.05, 3.63) is 59.8 Å². The third kappa shape index (κ3) is 4.74. The van der Waals surface area contributed by atoms with Gasteiger partial charge >= 0.3 is 0 Å². The standard InChI is InChI=1S/C26H34F2N4O/c1-17-14-32(18(2)13-31(17)24-8-6-7-11-29-24)25(33)22-16-30(26(3,4)5)15-21(22)20-10-9-19(27)12-23(20)28/h6-12,17-18,21-22H,13-16H2,1-5H3/t17-,18+,21+,22-/m1/s1. The first kappa shape index (κ1) is 23.6. The molecular formula is C26H34F2N4O. The molecule has 0 aliphatic carbocycles. The first-order valence-corrected chi connectivity index (χ1v) is 11.7. The summed E-state index contributed by atoms with van der Waals surface area (Å²) >= 11 is 0. The summed E-state index contributed by atoms with van der Waals surface area (Å²) in [4.78, 5) is 24.8. The fourth-order valence-corrected chi connectivity index (χ4v) is 5.21. The van der Waals surface area contributed by atoms with Crippen LogP contribution in [0.15, 0.2) is 42.6 Å². The summed E-state index contributed by atoms with van der Waals surface area (Å²) in [7, 11) is 0. The van der Waals surface area contributed by atoms with Crippen molar-refractivity contribution in [1.82, 2.24) is 14.8 Å². The largest absolute Gasteiger partial charge is 0.350 e. The van der Waals surface area contributed by atoms with E-state index in [9.17, 15) is 13.6 Å². The fraction of sp³-hybridized carbons (Fsp3) is 0.538. The van der Waals surface area contributed by atoms with Crippen molar-refractivity contribution in [3.63, 3.8) is 0 Å². The van der Waals surface area contributed by atoms with E-state index in [1.165, 1.54) is 12.1 Å². The van der Waals surface area contributed by atoms with Crippen LogP contribution in [0.3, 0.4) is 0 Å². The van der Waals surface area contributed by atoms with E-state index in [4.69, 9.17) is 0 Å². The Balaban J connectivity index is 1.59. The Morgan fingerprint density at radius 3 is 2.39 bits per heavy atom. The predicted molar refractivity (Wildman–Crippen MR) is 126 cm³/mol. The van der Waals surface area contributed by atoms with Gasteiger partial charge in [-0.2, -0.15) is 0 Å². The smallest absolute Gasteiger partial charge is 0.228 e. The van der Waals surface area contributed by atoms with Gasteiger partial charge in [0.25, 0.3) is 0 Å². The van der Waals surface area contributed by atoms with Crippen LogP contribution in [0.5, 0.6) is 0 Å². The highest BCUT2D eigenvalue weighted by atomic mass is 19.1. The van der Waals surface area contributed by atoms with Gasteiger partial charge in [0.1, 0.15) is 17.5 Å². The molecule has 2 aliphatic rings. The van der Waals surface area contributed by atoms with Crippen LogP contribution >= 0.6 is 0 Å². The molecule has 2 fully saturated rings. The Bertz CT molecular complexity index is 994. The zero-order chi connectivity index (χ0) is 23.9. The van der Waals surface area contributed by atoms with E-state index in [2.05, 4.69) is 49.4 Å². The molecule has 3 heterocycles. The van der Waals surface area contributed by atoms with Gasteiger partial charge in [-0.25, -0.2) is 13.8 Å². The molecule has 0 spiro atoms. The Hall–Kier alpha value is -2.54. The molecule has 0 bridgehead atoms. The van der Waals surface area contributed by atoms with Crippen LogP contribution in [-0.4, -0.2) is 64.5 Å². The van der Waals surface area contributed by atoms with Crippen molar-refractivity contribution >= 4 is 11.7 Å². The second-order valence-corrected chi connectivity index (χ2v) is 10.5. The van der Waals surface area contributed by atoms with E-state index in [0.29, 0.717) is 31.7 Å². The Labute approximate surface area is 195 Å². The number of piperazine rings is 1. The number of amides is 1. The lowest BCUT2D eigenvalue weighted by atomic mass is 9.87. The number of carbonyl (C=O) groups is 1. The number of anilines is 1. The van der Waals surface area contributed by atoms with E-state index in [-0.39, 0.29) is 35.4 Å². The first-order chi connectivity index (χ1) is 15.6. The van der Waals surface area contributed by atoms with Crippen LogP contribution in [0.1, 0.15) is 46.1 Å². The quantitative estimate of drug-likeness (QED) is 0.691. The molecule has 1 amide bonds. The molecule has 5 nitrogen and oxygen atoms in total. The van der Waals surface area contributed by atoms with Crippen molar-refractivity contribution in [2.75, 3.05) is 31.1 Å². The third-order valence-corrected chi connectivity index (χ3v) is 7.16. The third-order valence-electron chi connectivity index (χ3n) is 7.16. The average Bonchev–Trinajstić information content (AvgIpc) is 3.21. The summed E-state index contributed by atoms with van der Waals surface area (Å²) in [5.74, 6) is -0.896. The van der Waals surface area contributed by atoms with Crippen LogP contribution < -0.4 is 4.90 Å². The normalized spacial score (nSPS) is 26.6. The number of rotatable bonds is 3. The summed E-state index contributed by atoms with van der Waals surface area (Å²) < 4.78 is 28.4. The van der Waals surface area contributed by atoms with Gasteiger partial charge in [-0.15, -0.1) is 0 Å². The zero-order valence-electron chi connectivity index (χ0n) is 20.1. The number of likely N-dealkylation sites (tertiary alicyclic amines) is 1. The number of hydrogen-bond acceptors (Lipinski definition) is 4. The molecule has 0 saturated carbocycles. The summed E-state index contributed by atoms with van der Waals surface area (Å²) in [6.45, 7) is 12.9. The van der Waals surface area contributed by atoms with E-state index < -0.39 is 11.6 Å². The van der Waals surface area contributed by atoms with Crippen LogP contribution in [0, 0.1) is 17.6 Å². The van der Waals surface area contributed by atoms with Gasteiger partial charge < -0.3 is 9.80 Å². The fourth-order valence-electron chi connectivity index (χ4n) is 5.21. The molecule has 2 aromatic rings. The summed E-state index contributed by atoms with van der Waals surface area (Å²) in [6, 6.07) is 9.69. The maximum Gasteiger partial charge on any atom is 0.228 e. The lowest BCUT2D eigenvalue weighted by Gasteiger charge is -2.45. The Morgan fingerprint density at radius 2 is 1.76 bits per heavy atom. The van der Waals surface area contributed by atoms with Gasteiger partial charge in [-0.3, -0.25) is 9.69 Å². The van der Waals surface area contributed by atoms with Gasteiger partial charge in [0.05, 0.1) is 5.92 Å². The minimum Gasteiger partial charge on any atom is -0.350 e. The van der Waals surface area contributed by atoms with Crippen LogP contribution in [-0.2, 0) is 4.79 Å². The maximum absolute atomic E-state index is 14.8. The highest BCUT2D eigenvalue weighted by Crippen LogP contribution is 2.39. The molecule has 33 heavy (non-hydrogen) atoms. The lowest BCUT2D eigenvalue weighted by Crippen LogP contribution is -2.60. The maximum atomic E-state index is 14.8. The molecule has 1 aromatic heterocycles. The van der Waals surface area contributed by atoms with E-state index in [1.807, 2.05) is 23.1 Å². The van der Waals surface area contributed by atoms with E-state index >= 15 is 0 Å². The summed E-state index contributed by atoms with van der Waals surface area (Å²) in [5, 5.41) is 0. The monoisotopic (exact) mass is 456 g/mol. The van der Waals surface area contributed by atoms with Gasteiger partial charge in [0, 0.05) is 62.0 Å². The number of benzene rings is 1. The van der Waals surface area contributed by atoms with Gasteiger partial charge in [0.2, 0.25) is 5.91 Å². The number of aromatic nitrogens is 1. The number of nitrogens with zero attached hydrogens (tertiary/aromatic N) is 4. The molecule has 4 rings (SSSR count).